The minimum atomic E-state index is -0.586. The Bertz CT molecular complexity index is 736. The van der Waals surface area contributed by atoms with E-state index in [1.807, 2.05) is 0 Å². The first-order valence-electron chi connectivity index (χ1n) is 6.85. The number of pyridine rings is 1. The van der Waals surface area contributed by atoms with Crippen LogP contribution >= 0.6 is 0 Å². The molecule has 0 unspecified atom stereocenters. The Kier molecular flexibility index (Phi) is 4.83. The first-order chi connectivity index (χ1) is 10.5. The molecular weight excluding hydrogens is 286 g/mol. The first kappa shape index (κ1) is 15.6. The number of rotatable bonds is 5. The van der Waals surface area contributed by atoms with Gasteiger partial charge in [-0.05, 0) is 25.5 Å². The first-order valence-corrected chi connectivity index (χ1v) is 6.85. The molecule has 1 heterocycles. The average Bonchev–Trinajstić information content (AvgIpc) is 2.51. The van der Waals surface area contributed by atoms with Crippen LogP contribution in [-0.4, -0.2) is 27.4 Å². The SMILES string of the molecule is Cc1c(O)c(=O)ccn1CCCOC(=O)c1ccccc1O. The third-order valence-corrected chi connectivity index (χ3v) is 3.31. The number of aromatic hydroxyl groups is 2. The monoisotopic (exact) mass is 303 g/mol. The lowest BCUT2D eigenvalue weighted by Crippen LogP contribution is -2.13. The highest BCUT2D eigenvalue weighted by Gasteiger charge is 2.11. The van der Waals surface area contributed by atoms with E-state index in [9.17, 15) is 19.8 Å². The second-order valence-corrected chi connectivity index (χ2v) is 4.81. The molecule has 0 aliphatic carbocycles. The van der Waals surface area contributed by atoms with Gasteiger partial charge in [-0.25, -0.2) is 4.79 Å². The number of carbonyl (C=O) groups excluding carboxylic acids is 1. The minimum absolute atomic E-state index is 0.117. The summed E-state index contributed by atoms with van der Waals surface area (Å²) in [5.41, 5.74) is 0.180. The van der Waals surface area contributed by atoms with Crippen LogP contribution in [-0.2, 0) is 11.3 Å². The molecule has 0 fully saturated rings. The van der Waals surface area contributed by atoms with Crippen LogP contribution in [0.3, 0.4) is 0 Å². The molecule has 6 heteroatoms. The molecular formula is C16H17NO5. The smallest absolute Gasteiger partial charge is 0.341 e. The lowest BCUT2D eigenvalue weighted by atomic mass is 10.2. The Morgan fingerprint density at radius 1 is 1.23 bits per heavy atom. The van der Waals surface area contributed by atoms with Gasteiger partial charge in [0, 0.05) is 18.8 Å². The number of carbonyl (C=O) groups is 1. The van der Waals surface area contributed by atoms with Gasteiger partial charge in [0.1, 0.15) is 11.3 Å². The summed E-state index contributed by atoms with van der Waals surface area (Å²) in [5, 5.41) is 19.1. The van der Waals surface area contributed by atoms with Gasteiger partial charge in [-0.2, -0.15) is 0 Å². The minimum Gasteiger partial charge on any atom is -0.507 e. The summed E-state index contributed by atoms with van der Waals surface area (Å²) in [5.74, 6) is -0.972. The van der Waals surface area contributed by atoms with Crippen LogP contribution in [0.2, 0.25) is 0 Å². The number of hydrogen-bond acceptors (Lipinski definition) is 5. The van der Waals surface area contributed by atoms with Gasteiger partial charge in [0.15, 0.2) is 5.75 Å². The van der Waals surface area contributed by atoms with Crippen molar-refractivity contribution in [2.24, 2.45) is 0 Å². The van der Waals surface area contributed by atoms with Crippen molar-refractivity contribution >= 4 is 5.97 Å². The number of benzene rings is 1. The lowest BCUT2D eigenvalue weighted by Gasteiger charge is -2.11. The highest BCUT2D eigenvalue weighted by atomic mass is 16.5. The summed E-state index contributed by atoms with van der Waals surface area (Å²) in [6.45, 7) is 2.30. The lowest BCUT2D eigenvalue weighted by molar-refractivity contribution is 0.0492. The predicted molar refractivity (Wildman–Crippen MR) is 80.1 cm³/mol. The highest BCUT2D eigenvalue weighted by Crippen LogP contribution is 2.16. The quantitative estimate of drug-likeness (QED) is 0.649. The summed E-state index contributed by atoms with van der Waals surface area (Å²) in [7, 11) is 0. The van der Waals surface area contributed by atoms with E-state index < -0.39 is 11.4 Å². The largest absolute Gasteiger partial charge is 0.507 e. The second kappa shape index (κ2) is 6.80. The van der Waals surface area contributed by atoms with Crippen molar-refractivity contribution in [3.05, 3.63) is 58.0 Å². The Morgan fingerprint density at radius 3 is 2.68 bits per heavy atom. The number of aromatic nitrogens is 1. The molecule has 0 aliphatic rings. The number of nitrogens with zero attached hydrogens (tertiary/aromatic N) is 1. The molecule has 0 radical (unpaired) electrons. The molecule has 0 amide bonds. The zero-order valence-electron chi connectivity index (χ0n) is 12.2. The molecule has 2 N–H and O–H groups in total. The molecule has 0 bridgehead atoms. The molecule has 2 aromatic rings. The number of phenolic OH excluding ortho intramolecular Hbond substituents is 1. The number of ether oxygens (including phenoxy) is 1. The fraction of sp³-hybridized carbons (Fsp3) is 0.250. The molecule has 116 valence electrons. The van der Waals surface area contributed by atoms with Crippen molar-refractivity contribution in [3.8, 4) is 11.5 Å². The van der Waals surface area contributed by atoms with Gasteiger partial charge in [-0.15, -0.1) is 0 Å². The zero-order chi connectivity index (χ0) is 16.1. The second-order valence-electron chi connectivity index (χ2n) is 4.81. The number of para-hydroxylation sites is 1. The van der Waals surface area contributed by atoms with Gasteiger partial charge in [0.2, 0.25) is 5.43 Å². The van der Waals surface area contributed by atoms with E-state index in [0.717, 1.165) is 0 Å². The number of aryl methyl sites for hydroxylation is 1. The van der Waals surface area contributed by atoms with Gasteiger partial charge in [-0.1, -0.05) is 12.1 Å². The van der Waals surface area contributed by atoms with Crippen LogP contribution in [0.25, 0.3) is 0 Å². The van der Waals surface area contributed by atoms with Crippen LogP contribution in [0, 0.1) is 6.92 Å². The summed E-state index contributed by atoms with van der Waals surface area (Å²) < 4.78 is 6.80. The average molecular weight is 303 g/mol. The molecule has 1 aromatic carbocycles. The van der Waals surface area contributed by atoms with Crippen LogP contribution in [0.5, 0.6) is 11.5 Å². The van der Waals surface area contributed by atoms with Crippen molar-refractivity contribution in [2.45, 2.75) is 19.9 Å². The van der Waals surface area contributed by atoms with Gasteiger partial charge < -0.3 is 19.5 Å². The fourth-order valence-corrected chi connectivity index (χ4v) is 2.03. The van der Waals surface area contributed by atoms with Crippen molar-refractivity contribution in [1.29, 1.82) is 0 Å². The van der Waals surface area contributed by atoms with Crippen LogP contribution in [0.15, 0.2) is 41.3 Å². The molecule has 0 atom stereocenters. The Labute approximate surface area is 127 Å². The van der Waals surface area contributed by atoms with E-state index >= 15 is 0 Å². The molecule has 0 aliphatic heterocycles. The van der Waals surface area contributed by atoms with Crippen LogP contribution in [0.1, 0.15) is 22.5 Å². The molecule has 0 saturated carbocycles. The topological polar surface area (TPSA) is 88.8 Å². The predicted octanol–water partition coefficient (Wildman–Crippen LogP) is 1.82. The maximum atomic E-state index is 11.8. The zero-order valence-corrected chi connectivity index (χ0v) is 12.2. The Balaban J connectivity index is 1.88. The maximum absolute atomic E-state index is 11.8. The van der Waals surface area contributed by atoms with E-state index in [0.29, 0.717) is 18.7 Å². The van der Waals surface area contributed by atoms with Crippen molar-refractivity contribution < 1.29 is 19.7 Å². The van der Waals surface area contributed by atoms with Gasteiger partial charge in [0.25, 0.3) is 0 Å². The van der Waals surface area contributed by atoms with Crippen LogP contribution in [0.4, 0.5) is 0 Å². The Morgan fingerprint density at radius 2 is 1.95 bits per heavy atom. The van der Waals surface area contributed by atoms with E-state index in [2.05, 4.69) is 0 Å². The third-order valence-electron chi connectivity index (χ3n) is 3.31. The number of esters is 1. The number of phenols is 1. The van der Waals surface area contributed by atoms with E-state index in [4.69, 9.17) is 4.74 Å². The molecule has 1 aromatic heterocycles. The maximum Gasteiger partial charge on any atom is 0.341 e. The summed E-state index contributed by atoms with van der Waals surface area (Å²) >= 11 is 0. The number of hydrogen-bond donors (Lipinski definition) is 2. The van der Waals surface area contributed by atoms with E-state index in [1.165, 1.54) is 18.2 Å². The summed E-state index contributed by atoms with van der Waals surface area (Å²) in [6.07, 6.45) is 2.10. The van der Waals surface area contributed by atoms with Crippen molar-refractivity contribution in [1.82, 2.24) is 4.57 Å². The van der Waals surface area contributed by atoms with E-state index in [1.54, 1.807) is 29.8 Å². The Hall–Kier alpha value is -2.76. The molecule has 6 nitrogen and oxygen atoms in total. The van der Waals surface area contributed by atoms with Gasteiger partial charge in [-0.3, -0.25) is 4.79 Å². The highest BCUT2D eigenvalue weighted by molar-refractivity contribution is 5.92. The van der Waals surface area contributed by atoms with Gasteiger partial charge >= 0.3 is 5.97 Å². The van der Waals surface area contributed by atoms with Crippen molar-refractivity contribution in [2.75, 3.05) is 6.61 Å². The summed E-state index contributed by atoms with van der Waals surface area (Å²) in [4.78, 5) is 23.0. The molecule has 0 spiro atoms. The fourth-order valence-electron chi connectivity index (χ4n) is 2.03. The van der Waals surface area contributed by atoms with Crippen molar-refractivity contribution in [3.63, 3.8) is 0 Å². The third kappa shape index (κ3) is 3.46. The van der Waals surface area contributed by atoms with Crippen LogP contribution < -0.4 is 5.43 Å². The molecule has 2 rings (SSSR count). The normalized spacial score (nSPS) is 10.4. The van der Waals surface area contributed by atoms with Gasteiger partial charge in [0.05, 0.1) is 12.3 Å². The van der Waals surface area contributed by atoms with E-state index in [-0.39, 0.29) is 23.7 Å². The molecule has 0 saturated heterocycles. The molecule has 22 heavy (non-hydrogen) atoms. The standard InChI is InChI=1S/C16H17NO5/c1-11-15(20)14(19)7-9-17(11)8-4-10-22-16(21)12-5-2-3-6-13(12)18/h2-3,5-7,9,18,20H,4,8,10H2,1H3. The summed E-state index contributed by atoms with van der Waals surface area (Å²) in [6, 6.07) is 7.46.